The van der Waals surface area contributed by atoms with Gasteiger partial charge in [-0.25, -0.2) is 0 Å². The molecule has 4 nitrogen and oxygen atoms in total. The third-order valence-corrected chi connectivity index (χ3v) is 2.81. The molecule has 2 unspecified atom stereocenters. The van der Waals surface area contributed by atoms with Gasteiger partial charge in [0, 0.05) is 6.20 Å². The summed E-state index contributed by atoms with van der Waals surface area (Å²) >= 11 is -1.60. The van der Waals surface area contributed by atoms with Gasteiger partial charge in [0.15, 0.2) is 0 Å². The first-order valence-electron chi connectivity index (χ1n) is 4.46. The fourth-order valence-electron chi connectivity index (χ4n) is 1.24. The number of hydrogen-bond acceptors (Lipinski definition) is 4. The molecule has 1 fully saturated rings. The maximum Gasteiger partial charge on any atom is 0.305 e. The molecule has 1 aliphatic rings. The van der Waals surface area contributed by atoms with Gasteiger partial charge >= 0.3 is 11.4 Å². The molecule has 14 heavy (non-hydrogen) atoms. The minimum atomic E-state index is -1.60. The predicted molar refractivity (Wildman–Crippen MR) is 51.5 cm³/mol. The fourth-order valence-corrected chi connectivity index (χ4v) is 1.87. The van der Waals surface area contributed by atoms with Gasteiger partial charge in [0.1, 0.15) is 6.10 Å². The van der Waals surface area contributed by atoms with E-state index in [-0.39, 0.29) is 6.10 Å². The normalized spacial score (nSPS) is 26.6. The van der Waals surface area contributed by atoms with Gasteiger partial charge in [-0.1, -0.05) is 13.0 Å². The second-order valence-electron chi connectivity index (χ2n) is 3.02. The van der Waals surface area contributed by atoms with Gasteiger partial charge in [-0.3, -0.25) is 13.4 Å². The van der Waals surface area contributed by atoms with Crippen LogP contribution in [0.15, 0.2) is 18.3 Å². The number of aryl methyl sites for hydroxylation is 1. The highest BCUT2D eigenvalue weighted by molar-refractivity contribution is 7.75. The van der Waals surface area contributed by atoms with Crippen molar-refractivity contribution < 1.29 is 12.6 Å². The molecule has 0 saturated carbocycles. The van der Waals surface area contributed by atoms with Gasteiger partial charge in [0.2, 0.25) is 0 Å². The van der Waals surface area contributed by atoms with Crippen molar-refractivity contribution in [2.75, 3.05) is 6.61 Å². The first-order chi connectivity index (χ1) is 6.79. The van der Waals surface area contributed by atoms with Crippen molar-refractivity contribution in [3.63, 3.8) is 0 Å². The summed E-state index contributed by atoms with van der Waals surface area (Å²) in [6, 6.07) is 3.88. The summed E-state index contributed by atoms with van der Waals surface area (Å²) in [6.45, 7) is 2.38. The van der Waals surface area contributed by atoms with Crippen LogP contribution in [0.2, 0.25) is 0 Å². The molecule has 5 heteroatoms. The lowest BCUT2D eigenvalue weighted by Gasteiger charge is -2.04. The largest absolute Gasteiger partial charge is 0.305 e. The van der Waals surface area contributed by atoms with Crippen molar-refractivity contribution in [3.8, 4) is 0 Å². The quantitative estimate of drug-likeness (QED) is 0.743. The Kier molecular flexibility index (Phi) is 2.90. The van der Waals surface area contributed by atoms with Crippen LogP contribution in [0.1, 0.15) is 24.3 Å². The summed E-state index contributed by atoms with van der Waals surface area (Å²) in [5.74, 6) is 0. The van der Waals surface area contributed by atoms with E-state index >= 15 is 0 Å². The Morgan fingerprint density at radius 2 is 2.50 bits per heavy atom. The lowest BCUT2D eigenvalue weighted by Crippen LogP contribution is -2.02. The van der Waals surface area contributed by atoms with Crippen molar-refractivity contribution in [1.29, 1.82) is 0 Å². The molecular weight excluding hydrogens is 202 g/mol. The van der Waals surface area contributed by atoms with E-state index in [0.717, 1.165) is 12.1 Å². The first-order valence-corrected chi connectivity index (χ1v) is 5.46. The van der Waals surface area contributed by atoms with Crippen LogP contribution in [-0.2, 0) is 26.1 Å². The van der Waals surface area contributed by atoms with Gasteiger partial charge in [-0.2, -0.15) is 4.21 Å². The van der Waals surface area contributed by atoms with E-state index in [2.05, 4.69) is 11.9 Å². The lowest BCUT2D eigenvalue weighted by atomic mass is 10.2. The Labute approximate surface area is 85.1 Å². The molecule has 2 heterocycles. The number of hydrogen-bond donors (Lipinski definition) is 0. The van der Waals surface area contributed by atoms with Crippen molar-refractivity contribution in [3.05, 3.63) is 29.6 Å². The van der Waals surface area contributed by atoms with Crippen LogP contribution in [0.4, 0.5) is 0 Å². The van der Waals surface area contributed by atoms with Crippen LogP contribution in [0.3, 0.4) is 0 Å². The van der Waals surface area contributed by atoms with Crippen LogP contribution in [0.25, 0.3) is 0 Å². The predicted octanol–water partition coefficient (Wildman–Crippen LogP) is 1.31. The van der Waals surface area contributed by atoms with E-state index in [0.29, 0.717) is 6.61 Å². The van der Waals surface area contributed by atoms with E-state index in [1.54, 1.807) is 6.20 Å². The van der Waals surface area contributed by atoms with Crippen molar-refractivity contribution >= 4 is 11.4 Å². The zero-order valence-corrected chi connectivity index (χ0v) is 8.62. The molecule has 0 bridgehead atoms. The Bertz CT molecular complexity index is 338. The number of aromatic nitrogens is 1. The number of rotatable bonds is 2. The maximum atomic E-state index is 10.8. The standard InChI is InChI=1S/C9H11NO3S/c1-2-7-3-4-8(10-5-7)9-6-12-14(11)13-9/h3-5,9H,2,6H2,1H3. The van der Waals surface area contributed by atoms with Gasteiger partial charge in [-0.15, -0.1) is 0 Å². The van der Waals surface area contributed by atoms with Gasteiger partial charge in [0.05, 0.1) is 12.3 Å². The molecule has 76 valence electrons. The summed E-state index contributed by atoms with van der Waals surface area (Å²) in [4.78, 5) is 4.23. The monoisotopic (exact) mass is 213 g/mol. The van der Waals surface area contributed by atoms with E-state index in [9.17, 15) is 4.21 Å². The van der Waals surface area contributed by atoms with E-state index in [4.69, 9.17) is 8.37 Å². The van der Waals surface area contributed by atoms with Crippen LogP contribution in [-0.4, -0.2) is 15.8 Å². The van der Waals surface area contributed by atoms with E-state index in [1.807, 2.05) is 12.1 Å². The number of nitrogens with zero attached hydrogens (tertiary/aromatic N) is 1. The Morgan fingerprint density at radius 1 is 1.64 bits per heavy atom. The molecule has 0 radical (unpaired) electrons. The molecule has 2 rings (SSSR count). The topological polar surface area (TPSA) is 48.4 Å². The zero-order chi connectivity index (χ0) is 9.97. The highest BCUT2D eigenvalue weighted by Gasteiger charge is 2.25. The SMILES string of the molecule is CCc1ccc(C2COS(=O)O2)nc1. The Balaban J connectivity index is 2.13. The number of pyridine rings is 1. The molecule has 1 aliphatic heterocycles. The molecule has 2 atom stereocenters. The molecule has 0 N–H and O–H groups in total. The zero-order valence-electron chi connectivity index (χ0n) is 7.80. The molecule has 0 aliphatic carbocycles. The Hall–Kier alpha value is -0.780. The van der Waals surface area contributed by atoms with Gasteiger partial charge in [0.25, 0.3) is 0 Å². The van der Waals surface area contributed by atoms with E-state index in [1.165, 1.54) is 5.56 Å². The van der Waals surface area contributed by atoms with Crippen LogP contribution in [0.5, 0.6) is 0 Å². The second-order valence-corrected chi connectivity index (χ2v) is 3.85. The summed E-state index contributed by atoms with van der Waals surface area (Å²) < 4.78 is 20.6. The molecule has 0 amide bonds. The van der Waals surface area contributed by atoms with Crippen LogP contribution < -0.4 is 0 Å². The van der Waals surface area contributed by atoms with Crippen molar-refractivity contribution in [1.82, 2.24) is 4.98 Å². The fraction of sp³-hybridized carbons (Fsp3) is 0.444. The summed E-state index contributed by atoms with van der Waals surface area (Å²) in [5.41, 5.74) is 1.95. The average Bonchev–Trinajstić information content (AvgIpc) is 2.65. The molecule has 1 saturated heterocycles. The Morgan fingerprint density at radius 3 is 3.00 bits per heavy atom. The van der Waals surface area contributed by atoms with Crippen molar-refractivity contribution in [2.24, 2.45) is 0 Å². The third kappa shape index (κ3) is 2.00. The summed E-state index contributed by atoms with van der Waals surface area (Å²) in [6.07, 6.45) is 2.47. The third-order valence-electron chi connectivity index (χ3n) is 2.10. The highest BCUT2D eigenvalue weighted by Crippen LogP contribution is 2.23. The minimum Gasteiger partial charge on any atom is -0.265 e. The lowest BCUT2D eigenvalue weighted by molar-refractivity contribution is 0.240. The van der Waals surface area contributed by atoms with Crippen LogP contribution >= 0.6 is 0 Å². The first kappa shape index (κ1) is 9.76. The van der Waals surface area contributed by atoms with Gasteiger partial charge < -0.3 is 0 Å². The average molecular weight is 213 g/mol. The summed E-state index contributed by atoms with van der Waals surface area (Å²) in [7, 11) is 0. The molecular formula is C9H11NO3S. The highest BCUT2D eigenvalue weighted by atomic mass is 32.2. The molecule has 0 spiro atoms. The smallest absolute Gasteiger partial charge is 0.265 e. The molecule has 1 aromatic rings. The molecule has 1 aromatic heterocycles. The second kappa shape index (κ2) is 4.16. The van der Waals surface area contributed by atoms with Gasteiger partial charge in [-0.05, 0) is 18.1 Å². The van der Waals surface area contributed by atoms with E-state index < -0.39 is 11.4 Å². The minimum absolute atomic E-state index is 0.290. The van der Waals surface area contributed by atoms with Crippen LogP contribution in [0, 0.1) is 0 Å². The summed E-state index contributed by atoms with van der Waals surface area (Å²) in [5, 5.41) is 0. The van der Waals surface area contributed by atoms with Crippen molar-refractivity contribution in [2.45, 2.75) is 19.4 Å². The molecule has 0 aromatic carbocycles. The maximum absolute atomic E-state index is 10.8.